The molecular formula is C18H21N3O3S. The molecule has 3 rings (SSSR count). The highest BCUT2D eigenvalue weighted by Crippen LogP contribution is 2.28. The number of aromatic nitrogens is 1. The largest absolute Gasteiger partial charge is 0.497 e. The molecular weight excluding hydrogens is 338 g/mol. The summed E-state index contributed by atoms with van der Waals surface area (Å²) in [5, 5.41) is 3.93. The fourth-order valence-electron chi connectivity index (χ4n) is 2.96. The summed E-state index contributed by atoms with van der Waals surface area (Å²) in [7, 11) is 1.59. The van der Waals surface area contributed by atoms with Gasteiger partial charge in [-0.3, -0.25) is 9.59 Å². The number of carbonyl (C=O) groups excluding carboxylic acids is 2. The molecule has 0 spiro atoms. The summed E-state index contributed by atoms with van der Waals surface area (Å²) in [4.78, 5) is 31.8. The molecule has 2 amide bonds. The fraction of sp³-hybridized carbons (Fsp3) is 0.389. The van der Waals surface area contributed by atoms with Gasteiger partial charge in [0.1, 0.15) is 5.75 Å². The van der Waals surface area contributed by atoms with Gasteiger partial charge in [-0.05, 0) is 26.0 Å². The Balaban J connectivity index is 1.63. The number of nitrogens with zero attached hydrogens (tertiary/aromatic N) is 2. The van der Waals surface area contributed by atoms with Crippen molar-refractivity contribution in [3.63, 3.8) is 0 Å². The van der Waals surface area contributed by atoms with E-state index in [0.717, 1.165) is 21.3 Å². The maximum absolute atomic E-state index is 12.5. The lowest BCUT2D eigenvalue weighted by Crippen LogP contribution is -2.32. The average molecular weight is 359 g/mol. The number of anilines is 1. The maximum Gasteiger partial charge on any atom is 0.227 e. The number of carbonyl (C=O) groups is 2. The van der Waals surface area contributed by atoms with Gasteiger partial charge < -0.3 is 15.0 Å². The summed E-state index contributed by atoms with van der Waals surface area (Å²) in [6, 6.07) is 7.32. The summed E-state index contributed by atoms with van der Waals surface area (Å²) < 4.78 is 5.20. The van der Waals surface area contributed by atoms with Crippen LogP contribution in [0.3, 0.4) is 0 Å². The number of rotatable bonds is 5. The van der Waals surface area contributed by atoms with Gasteiger partial charge in [0.15, 0.2) is 0 Å². The van der Waals surface area contributed by atoms with E-state index >= 15 is 0 Å². The van der Waals surface area contributed by atoms with Gasteiger partial charge in [0.25, 0.3) is 0 Å². The highest BCUT2D eigenvalue weighted by atomic mass is 32.1. The molecule has 0 aliphatic carbocycles. The van der Waals surface area contributed by atoms with Gasteiger partial charge in [-0.15, -0.1) is 11.3 Å². The number of benzene rings is 1. The van der Waals surface area contributed by atoms with Crippen LogP contribution in [-0.4, -0.2) is 30.5 Å². The Hall–Kier alpha value is -2.41. The molecule has 0 bridgehead atoms. The van der Waals surface area contributed by atoms with Crippen LogP contribution in [0.5, 0.6) is 5.75 Å². The van der Waals surface area contributed by atoms with Gasteiger partial charge >= 0.3 is 0 Å². The molecule has 0 radical (unpaired) electrons. The minimum atomic E-state index is -0.340. The number of hydrogen-bond acceptors (Lipinski definition) is 5. The SMILES string of the molecule is COc1cccc(N2CC(C(=O)NCc3sc(C)nc3C)CC2=O)c1. The molecule has 1 aliphatic rings. The molecule has 1 unspecified atom stereocenters. The predicted molar refractivity (Wildman–Crippen MR) is 96.9 cm³/mol. The smallest absolute Gasteiger partial charge is 0.227 e. The highest BCUT2D eigenvalue weighted by molar-refractivity contribution is 7.11. The van der Waals surface area contributed by atoms with E-state index < -0.39 is 0 Å². The second-order valence-corrected chi connectivity index (χ2v) is 7.35. The van der Waals surface area contributed by atoms with Gasteiger partial charge in [0, 0.05) is 29.6 Å². The van der Waals surface area contributed by atoms with Gasteiger partial charge in [-0.1, -0.05) is 6.07 Å². The van der Waals surface area contributed by atoms with Gasteiger partial charge in [0.05, 0.1) is 30.3 Å². The normalized spacial score (nSPS) is 17.0. The summed E-state index contributed by atoms with van der Waals surface area (Å²) in [5.74, 6) is 0.213. The first-order valence-corrected chi connectivity index (χ1v) is 8.94. The Morgan fingerprint density at radius 2 is 2.24 bits per heavy atom. The van der Waals surface area contributed by atoms with Crippen LogP contribution >= 0.6 is 11.3 Å². The molecule has 1 saturated heterocycles. The van der Waals surface area contributed by atoms with E-state index in [9.17, 15) is 9.59 Å². The molecule has 1 aromatic carbocycles. The summed E-state index contributed by atoms with van der Waals surface area (Å²) in [6.07, 6.45) is 0.226. The van der Waals surface area contributed by atoms with Crippen LogP contribution in [0.15, 0.2) is 24.3 Å². The van der Waals surface area contributed by atoms with Gasteiger partial charge in [-0.25, -0.2) is 4.98 Å². The van der Waals surface area contributed by atoms with Crippen molar-refractivity contribution in [3.8, 4) is 5.75 Å². The van der Waals surface area contributed by atoms with Crippen LogP contribution in [0.4, 0.5) is 5.69 Å². The van der Waals surface area contributed by atoms with Crippen molar-refractivity contribution < 1.29 is 14.3 Å². The fourth-order valence-corrected chi connectivity index (χ4v) is 3.84. The average Bonchev–Trinajstić information content (AvgIpc) is 3.14. The summed E-state index contributed by atoms with van der Waals surface area (Å²) in [5.41, 5.74) is 1.71. The predicted octanol–water partition coefficient (Wildman–Crippen LogP) is 2.44. The van der Waals surface area contributed by atoms with Crippen molar-refractivity contribution >= 4 is 28.8 Å². The minimum absolute atomic E-state index is 0.0433. The van der Waals surface area contributed by atoms with E-state index in [2.05, 4.69) is 10.3 Å². The highest BCUT2D eigenvalue weighted by Gasteiger charge is 2.35. The summed E-state index contributed by atoms with van der Waals surface area (Å²) >= 11 is 1.58. The van der Waals surface area contributed by atoms with Crippen molar-refractivity contribution in [2.75, 3.05) is 18.6 Å². The van der Waals surface area contributed by atoms with Crippen molar-refractivity contribution in [2.45, 2.75) is 26.8 Å². The van der Waals surface area contributed by atoms with Crippen molar-refractivity contribution in [3.05, 3.63) is 39.8 Å². The lowest BCUT2D eigenvalue weighted by molar-refractivity contribution is -0.126. The zero-order valence-corrected chi connectivity index (χ0v) is 15.4. The van der Waals surface area contributed by atoms with E-state index in [4.69, 9.17) is 4.74 Å². The number of ether oxygens (including phenoxy) is 1. The first-order valence-electron chi connectivity index (χ1n) is 8.13. The van der Waals surface area contributed by atoms with Gasteiger partial charge in [-0.2, -0.15) is 0 Å². The molecule has 1 fully saturated rings. The first kappa shape index (κ1) is 17.4. The number of thiazole rings is 1. The maximum atomic E-state index is 12.5. The lowest BCUT2D eigenvalue weighted by Gasteiger charge is -2.17. The van der Waals surface area contributed by atoms with E-state index in [1.807, 2.05) is 38.1 Å². The van der Waals surface area contributed by atoms with E-state index in [1.54, 1.807) is 23.3 Å². The number of nitrogens with one attached hydrogen (secondary N) is 1. The quantitative estimate of drug-likeness (QED) is 0.890. The van der Waals surface area contributed by atoms with Crippen LogP contribution in [0, 0.1) is 19.8 Å². The van der Waals surface area contributed by atoms with Crippen molar-refractivity contribution in [1.29, 1.82) is 0 Å². The molecule has 1 atom stereocenters. The minimum Gasteiger partial charge on any atom is -0.497 e. The summed E-state index contributed by atoms with van der Waals surface area (Å²) in [6.45, 7) is 4.73. The Morgan fingerprint density at radius 1 is 1.44 bits per heavy atom. The van der Waals surface area contributed by atoms with E-state index in [-0.39, 0.29) is 24.2 Å². The van der Waals surface area contributed by atoms with Crippen LogP contribution in [-0.2, 0) is 16.1 Å². The molecule has 1 aliphatic heterocycles. The topological polar surface area (TPSA) is 71.5 Å². The molecule has 1 aromatic heterocycles. The third kappa shape index (κ3) is 3.82. The number of methoxy groups -OCH3 is 1. The van der Waals surface area contributed by atoms with Gasteiger partial charge in [0.2, 0.25) is 11.8 Å². The monoisotopic (exact) mass is 359 g/mol. The zero-order chi connectivity index (χ0) is 18.0. The molecule has 0 saturated carbocycles. The van der Waals surface area contributed by atoms with Crippen molar-refractivity contribution in [2.24, 2.45) is 5.92 Å². The molecule has 1 N–H and O–H groups in total. The van der Waals surface area contributed by atoms with Crippen LogP contribution in [0.1, 0.15) is 22.0 Å². The third-order valence-electron chi connectivity index (χ3n) is 4.28. The Bertz CT molecular complexity index is 803. The van der Waals surface area contributed by atoms with Crippen molar-refractivity contribution in [1.82, 2.24) is 10.3 Å². The van der Waals surface area contributed by atoms with E-state index in [0.29, 0.717) is 18.8 Å². The molecule has 6 nitrogen and oxygen atoms in total. The Labute approximate surface area is 150 Å². The Morgan fingerprint density at radius 3 is 2.92 bits per heavy atom. The third-order valence-corrected chi connectivity index (χ3v) is 5.36. The zero-order valence-electron chi connectivity index (χ0n) is 14.5. The number of aryl methyl sites for hydroxylation is 2. The molecule has 132 valence electrons. The second-order valence-electron chi connectivity index (χ2n) is 6.07. The number of amides is 2. The standard InChI is InChI=1S/C18H21N3O3S/c1-11-16(25-12(2)20-11)9-19-18(23)13-7-17(22)21(10-13)14-5-4-6-15(8-14)24-3/h4-6,8,13H,7,9-10H2,1-3H3,(H,19,23). The molecule has 2 heterocycles. The van der Waals surface area contributed by atoms with Crippen LogP contribution in [0.25, 0.3) is 0 Å². The molecule has 7 heteroatoms. The second kappa shape index (κ2) is 7.23. The lowest BCUT2D eigenvalue weighted by atomic mass is 10.1. The molecule has 25 heavy (non-hydrogen) atoms. The molecule has 2 aromatic rings. The number of hydrogen-bond donors (Lipinski definition) is 1. The van der Waals surface area contributed by atoms with Crippen LogP contribution < -0.4 is 15.0 Å². The van der Waals surface area contributed by atoms with Crippen LogP contribution in [0.2, 0.25) is 0 Å². The van der Waals surface area contributed by atoms with E-state index in [1.165, 1.54) is 0 Å². The first-order chi connectivity index (χ1) is 12.0. The Kier molecular flexibility index (Phi) is 5.03.